The number of sulfonamides is 1. The zero-order valence-corrected chi connectivity index (χ0v) is 15.5. The molecule has 1 aromatic heterocycles. The van der Waals surface area contributed by atoms with Crippen molar-refractivity contribution >= 4 is 20.9 Å². The van der Waals surface area contributed by atoms with Gasteiger partial charge in [-0.25, -0.2) is 8.42 Å². The molecule has 0 spiro atoms. The van der Waals surface area contributed by atoms with Crippen LogP contribution in [0, 0.1) is 11.8 Å². The fourth-order valence-corrected chi connectivity index (χ4v) is 3.57. The number of hydrogen-bond donors (Lipinski definition) is 1. The molecule has 0 radical (unpaired) electrons. The molecule has 0 saturated carbocycles. The molecule has 0 aliphatic heterocycles. The highest BCUT2D eigenvalue weighted by Crippen LogP contribution is 2.25. The van der Waals surface area contributed by atoms with Crippen LogP contribution in [0.4, 0.5) is 0 Å². The topological polar surface area (TPSA) is 77.5 Å². The van der Waals surface area contributed by atoms with Crippen LogP contribution >= 0.6 is 0 Å². The number of ether oxygens (including phenoxy) is 2. The molecule has 7 heteroatoms. The van der Waals surface area contributed by atoms with Crippen molar-refractivity contribution in [3.8, 4) is 23.3 Å². The van der Waals surface area contributed by atoms with Gasteiger partial charge in [-0.15, -0.1) is 0 Å². The van der Waals surface area contributed by atoms with Crippen molar-refractivity contribution < 1.29 is 17.9 Å². The molecule has 0 unspecified atom stereocenters. The average Bonchev–Trinajstić information content (AvgIpc) is 2.70. The molecule has 2 aromatic carbocycles. The molecule has 3 rings (SSSR count). The smallest absolute Gasteiger partial charge is 0.243 e. The Morgan fingerprint density at radius 3 is 2.59 bits per heavy atom. The van der Waals surface area contributed by atoms with E-state index in [-0.39, 0.29) is 18.0 Å². The Hall–Kier alpha value is -3.08. The molecule has 27 heavy (non-hydrogen) atoms. The van der Waals surface area contributed by atoms with Crippen molar-refractivity contribution in [2.24, 2.45) is 0 Å². The fraction of sp³-hybridized carbons (Fsp3) is 0.150. The highest BCUT2D eigenvalue weighted by atomic mass is 32.2. The lowest BCUT2D eigenvalue weighted by Gasteiger charge is -2.07. The number of para-hydroxylation sites is 3. The highest BCUT2D eigenvalue weighted by Gasteiger charge is 2.16. The maximum absolute atomic E-state index is 12.5. The molecule has 1 heterocycles. The Morgan fingerprint density at radius 2 is 1.78 bits per heavy atom. The van der Waals surface area contributed by atoms with Gasteiger partial charge in [-0.2, -0.15) is 4.72 Å². The quantitative estimate of drug-likeness (QED) is 0.663. The van der Waals surface area contributed by atoms with Gasteiger partial charge in [0.15, 0.2) is 11.5 Å². The summed E-state index contributed by atoms with van der Waals surface area (Å²) in [4.78, 5) is 4.30. The molecule has 0 saturated heterocycles. The second-order valence-electron chi connectivity index (χ2n) is 5.45. The van der Waals surface area contributed by atoms with Crippen molar-refractivity contribution in [3.63, 3.8) is 0 Å². The molecule has 0 amide bonds. The van der Waals surface area contributed by atoms with Crippen LogP contribution in [0.5, 0.6) is 11.5 Å². The minimum absolute atomic E-state index is 0.0269. The second-order valence-corrected chi connectivity index (χ2v) is 7.18. The van der Waals surface area contributed by atoms with Crippen LogP contribution in [-0.2, 0) is 10.0 Å². The van der Waals surface area contributed by atoms with Crippen LogP contribution in [-0.4, -0.2) is 33.7 Å². The zero-order valence-electron chi connectivity index (χ0n) is 14.7. The third-order valence-corrected chi connectivity index (χ3v) is 5.16. The van der Waals surface area contributed by atoms with Gasteiger partial charge in [-0.1, -0.05) is 42.2 Å². The summed E-state index contributed by atoms with van der Waals surface area (Å²) in [5, 5.41) is 0.761. The number of pyridine rings is 1. The monoisotopic (exact) mass is 382 g/mol. The Labute approximate surface area is 158 Å². The Bertz CT molecular complexity index is 1100. The first-order valence-electron chi connectivity index (χ1n) is 8.17. The molecular weight excluding hydrogens is 364 g/mol. The Morgan fingerprint density at radius 1 is 1.00 bits per heavy atom. The summed E-state index contributed by atoms with van der Waals surface area (Å²) < 4.78 is 38.2. The van der Waals surface area contributed by atoms with Crippen molar-refractivity contribution in [1.82, 2.24) is 9.71 Å². The number of methoxy groups -OCH3 is 1. The summed E-state index contributed by atoms with van der Waals surface area (Å²) in [6.07, 6.45) is 1.57. The maximum atomic E-state index is 12.5. The predicted octanol–water partition coefficient (Wildman–Crippen LogP) is 2.60. The van der Waals surface area contributed by atoms with Gasteiger partial charge >= 0.3 is 0 Å². The van der Waals surface area contributed by atoms with E-state index in [0.29, 0.717) is 17.0 Å². The summed E-state index contributed by atoms with van der Waals surface area (Å²) in [6, 6.07) is 15.8. The van der Waals surface area contributed by atoms with Crippen LogP contribution in [0.3, 0.4) is 0 Å². The highest BCUT2D eigenvalue weighted by molar-refractivity contribution is 7.89. The van der Waals surface area contributed by atoms with E-state index in [2.05, 4.69) is 21.5 Å². The number of benzene rings is 2. The zero-order chi connectivity index (χ0) is 19.1. The molecule has 6 nitrogen and oxygen atoms in total. The van der Waals surface area contributed by atoms with Crippen molar-refractivity contribution in [2.75, 3.05) is 20.3 Å². The molecular formula is C20H18N2O4S. The van der Waals surface area contributed by atoms with Gasteiger partial charge in [0, 0.05) is 11.6 Å². The van der Waals surface area contributed by atoms with Gasteiger partial charge in [0.2, 0.25) is 10.0 Å². The van der Waals surface area contributed by atoms with E-state index in [1.54, 1.807) is 37.6 Å². The summed E-state index contributed by atoms with van der Waals surface area (Å²) in [5.74, 6) is 6.71. The normalized spacial score (nSPS) is 10.9. The van der Waals surface area contributed by atoms with Crippen LogP contribution in [0.15, 0.2) is 65.7 Å². The van der Waals surface area contributed by atoms with E-state index in [1.165, 1.54) is 6.07 Å². The van der Waals surface area contributed by atoms with E-state index in [9.17, 15) is 8.42 Å². The minimum atomic E-state index is -3.71. The van der Waals surface area contributed by atoms with Gasteiger partial charge in [0.25, 0.3) is 0 Å². The molecule has 3 aromatic rings. The molecule has 0 fully saturated rings. The maximum Gasteiger partial charge on any atom is 0.243 e. The number of nitrogens with zero attached hydrogens (tertiary/aromatic N) is 1. The largest absolute Gasteiger partial charge is 0.493 e. The van der Waals surface area contributed by atoms with E-state index >= 15 is 0 Å². The first kappa shape index (κ1) is 18.7. The van der Waals surface area contributed by atoms with Crippen LogP contribution in [0.25, 0.3) is 10.9 Å². The fourth-order valence-electron chi connectivity index (χ4n) is 2.47. The van der Waals surface area contributed by atoms with E-state index in [4.69, 9.17) is 9.47 Å². The Kier molecular flexibility index (Phi) is 5.91. The summed E-state index contributed by atoms with van der Waals surface area (Å²) in [6.45, 7) is 0.0960. The van der Waals surface area contributed by atoms with Gasteiger partial charge in [-0.05, 0) is 24.3 Å². The second kappa shape index (κ2) is 8.54. The van der Waals surface area contributed by atoms with Gasteiger partial charge in [0.1, 0.15) is 11.5 Å². The lowest BCUT2D eigenvalue weighted by molar-refractivity contribution is 0.331. The average molecular weight is 382 g/mol. The first-order valence-corrected chi connectivity index (χ1v) is 9.65. The van der Waals surface area contributed by atoms with E-state index < -0.39 is 10.0 Å². The molecule has 138 valence electrons. The lowest BCUT2D eigenvalue weighted by Crippen LogP contribution is -2.24. The third kappa shape index (κ3) is 4.56. The summed E-state index contributed by atoms with van der Waals surface area (Å²) in [7, 11) is -2.15. The van der Waals surface area contributed by atoms with Crippen molar-refractivity contribution in [2.45, 2.75) is 4.90 Å². The van der Waals surface area contributed by atoms with Crippen molar-refractivity contribution in [1.29, 1.82) is 0 Å². The van der Waals surface area contributed by atoms with E-state index in [0.717, 1.165) is 5.39 Å². The first-order chi connectivity index (χ1) is 13.1. The number of fused-ring (bicyclic) bond motifs is 1. The molecule has 1 N–H and O–H groups in total. The van der Waals surface area contributed by atoms with Gasteiger partial charge in [-0.3, -0.25) is 4.98 Å². The lowest BCUT2D eigenvalue weighted by atomic mass is 10.2. The van der Waals surface area contributed by atoms with Crippen LogP contribution in [0.1, 0.15) is 0 Å². The number of hydrogen-bond acceptors (Lipinski definition) is 5. The van der Waals surface area contributed by atoms with E-state index in [1.807, 2.05) is 24.3 Å². The third-order valence-electron chi connectivity index (χ3n) is 3.73. The summed E-state index contributed by atoms with van der Waals surface area (Å²) in [5.41, 5.74) is 0.431. The standard InChI is InChI=1S/C20H18N2O4S/c1-25-17-10-2-3-11-18(17)26-15-5-4-14-22-27(23,24)19-12-6-8-16-9-7-13-21-20(16)19/h2-3,6-13,22H,14-15H2,1H3. The molecule has 0 aliphatic carbocycles. The minimum Gasteiger partial charge on any atom is -0.493 e. The van der Waals surface area contributed by atoms with Gasteiger partial charge in [0.05, 0.1) is 19.2 Å². The molecule has 0 atom stereocenters. The summed E-state index contributed by atoms with van der Waals surface area (Å²) >= 11 is 0. The predicted molar refractivity (Wildman–Crippen MR) is 103 cm³/mol. The molecule has 0 bridgehead atoms. The SMILES string of the molecule is COc1ccccc1OCC#CCNS(=O)(=O)c1cccc2cccnc12. The Balaban J connectivity index is 1.61. The van der Waals surface area contributed by atoms with Crippen molar-refractivity contribution in [3.05, 3.63) is 60.8 Å². The molecule has 0 aliphatic rings. The van der Waals surface area contributed by atoms with Gasteiger partial charge < -0.3 is 9.47 Å². The number of aromatic nitrogens is 1. The van der Waals surface area contributed by atoms with Crippen LogP contribution < -0.4 is 14.2 Å². The number of rotatable bonds is 6. The number of nitrogens with one attached hydrogen (secondary N) is 1. The van der Waals surface area contributed by atoms with Crippen LogP contribution in [0.2, 0.25) is 0 Å².